The maximum Gasteiger partial charge on any atom is 0.259 e. The van der Waals surface area contributed by atoms with Gasteiger partial charge in [-0.2, -0.15) is 0 Å². The van der Waals surface area contributed by atoms with E-state index in [0.717, 1.165) is 24.7 Å². The van der Waals surface area contributed by atoms with Crippen LogP contribution >= 0.6 is 34.8 Å². The molecule has 0 unspecified atom stereocenters. The van der Waals surface area contributed by atoms with Gasteiger partial charge in [-0.15, -0.1) is 0 Å². The second-order valence-electron chi connectivity index (χ2n) is 19.0. The zero-order chi connectivity index (χ0) is 64.6. The molecule has 12 N–H and O–H groups in total. The van der Waals surface area contributed by atoms with E-state index in [9.17, 15) is 41.9 Å². The minimum atomic E-state index is -0.831. The molecular formula is C63H49Cl3F3N15O6. The highest BCUT2D eigenvalue weighted by Crippen LogP contribution is 2.25. The Hall–Kier alpha value is -11.3. The number of nitrogens with zero attached hydrogens (tertiary/aromatic N) is 5. The number of hydrogen-bond acceptors (Lipinski definition) is 13. The molecule has 0 saturated carbocycles. The van der Waals surface area contributed by atoms with Crippen molar-refractivity contribution in [2.75, 3.05) is 52.0 Å². The second kappa shape index (κ2) is 29.8. The first-order valence-corrected chi connectivity index (χ1v) is 27.6. The maximum atomic E-state index is 14.7. The summed E-state index contributed by atoms with van der Waals surface area (Å²) in [6.45, 7) is 1.42. The van der Waals surface area contributed by atoms with E-state index in [1.54, 1.807) is 66.7 Å². The number of aliphatic imine (C=N–C) groups is 1. The second-order valence-corrected chi connectivity index (χ2v) is 20.3. The Morgan fingerprint density at radius 3 is 1.29 bits per heavy atom. The lowest BCUT2D eigenvalue weighted by Crippen LogP contribution is -2.24. The molecule has 0 bridgehead atoms. The number of nitrogens with two attached hydrogens (primary N) is 2. The maximum absolute atomic E-state index is 14.7. The van der Waals surface area contributed by atoms with Crippen LogP contribution in [0.4, 0.5) is 47.7 Å². The van der Waals surface area contributed by atoms with Crippen molar-refractivity contribution in [3.8, 4) is 0 Å². The fourth-order valence-electron chi connectivity index (χ4n) is 8.22. The zero-order valence-corrected chi connectivity index (χ0v) is 49.1. The third-order valence-electron chi connectivity index (χ3n) is 12.7. The minimum Gasteiger partial charge on any atom is -0.384 e. The summed E-state index contributed by atoms with van der Waals surface area (Å²) in [5.41, 5.74) is 12.7. The van der Waals surface area contributed by atoms with Gasteiger partial charge in [0.1, 0.15) is 52.4 Å². The molecule has 0 atom stereocenters. The van der Waals surface area contributed by atoms with Gasteiger partial charge in [0, 0.05) is 54.4 Å². The molecule has 0 aliphatic carbocycles. The summed E-state index contributed by atoms with van der Waals surface area (Å²) >= 11 is 17.3. The van der Waals surface area contributed by atoms with Crippen LogP contribution in [0.25, 0.3) is 0 Å². The van der Waals surface area contributed by atoms with Gasteiger partial charge in [-0.25, -0.2) is 28.1 Å². The van der Waals surface area contributed by atoms with Crippen LogP contribution in [0.5, 0.6) is 0 Å². The highest BCUT2D eigenvalue weighted by atomic mass is 35.5. The zero-order valence-electron chi connectivity index (χ0n) is 46.8. The summed E-state index contributed by atoms with van der Waals surface area (Å²) in [5.74, 6) is -4.63. The van der Waals surface area contributed by atoms with Crippen LogP contribution in [0, 0.1) is 28.3 Å². The SMILES string of the molecule is CN1CCN=C1c1ccc(C(=O)Nc2ccccc2C(=O)Nc2ccc(Cl)cn2)c(F)c1.N=C(N)c1ccc(C(=O)Nc2ccc(F)cc2C(=O)Nc2ccc(Cl)cn2)cc1.N=C(N)c1ccc(C(=O)Nc2ccccc2C(=O)Nc2ccc(Cl)cn2)c(F)c1. The van der Waals surface area contributed by atoms with Crippen molar-refractivity contribution < 1.29 is 41.9 Å². The number of carbonyl (C=O) groups excluding carboxylic acids is 6. The number of nitrogen functional groups attached to an aromatic ring is 2. The average Bonchev–Trinajstić information content (AvgIpc) is 2.68. The van der Waals surface area contributed by atoms with Crippen LogP contribution in [0.1, 0.15) is 78.8 Å². The lowest BCUT2D eigenvalue weighted by Gasteiger charge is -2.15. The number of anilines is 6. The quantitative estimate of drug-likeness (QED) is 0.0338. The third kappa shape index (κ3) is 17.2. The van der Waals surface area contributed by atoms with Gasteiger partial charge in [-0.3, -0.25) is 44.6 Å². The van der Waals surface area contributed by atoms with Gasteiger partial charge >= 0.3 is 0 Å². The predicted molar refractivity (Wildman–Crippen MR) is 340 cm³/mol. The van der Waals surface area contributed by atoms with Crippen molar-refractivity contribution in [1.29, 1.82) is 10.8 Å². The summed E-state index contributed by atoms with van der Waals surface area (Å²) in [6, 6.07) is 39.5. The number of amidine groups is 3. The van der Waals surface area contributed by atoms with E-state index in [2.05, 4.69) is 51.8 Å². The first-order chi connectivity index (χ1) is 43.1. The molecule has 27 heteroatoms. The van der Waals surface area contributed by atoms with Crippen LogP contribution in [0.2, 0.25) is 15.1 Å². The summed E-state index contributed by atoms with van der Waals surface area (Å²) in [7, 11) is 1.88. The molecule has 0 saturated heterocycles. The van der Waals surface area contributed by atoms with E-state index in [0.29, 0.717) is 44.4 Å². The number of para-hydroxylation sites is 2. The van der Waals surface area contributed by atoms with E-state index in [1.165, 1.54) is 97.5 Å². The summed E-state index contributed by atoms with van der Waals surface area (Å²) in [4.78, 5) is 93.8. The number of rotatable bonds is 15. The highest BCUT2D eigenvalue weighted by molar-refractivity contribution is 6.31. The summed E-state index contributed by atoms with van der Waals surface area (Å²) in [6.07, 6.45) is 4.15. The molecule has 6 aromatic carbocycles. The number of hydrogen-bond donors (Lipinski definition) is 10. The van der Waals surface area contributed by atoms with E-state index in [4.69, 9.17) is 57.1 Å². The highest BCUT2D eigenvalue weighted by Gasteiger charge is 2.23. The van der Waals surface area contributed by atoms with Crippen molar-refractivity contribution in [3.05, 3.63) is 265 Å². The van der Waals surface area contributed by atoms with Gasteiger partial charge in [0.15, 0.2) is 0 Å². The molecule has 454 valence electrons. The molecule has 6 amide bonds. The predicted octanol–water partition coefficient (Wildman–Crippen LogP) is 11.4. The van der Waals surface area contributed by atoms with Crippen LogP contribution in [0.3, 0.4) is 0 Å². The molecule has 1 aliphatic heterocycles. The summed E-state index contributed by atoms with van der Waals surface area (Å²) in [5, 5.41) is 31.5. The average molecular weight is 1280 g/mol. The Morgan fingerprint density at radius 1 is 0.444 bits per heavy atom. The van der Waals surface area contributed by atoms with Gasteiger partial charge in [0.25, 0.3) is 35.4 Å². The molecule has 0 spiro atoms. The molecule has 0 fully saturated rings. The number of likely N-dealkylation sites (N-methyl/N-ethyl adjacent to an activating group) is 1. The number of pyridine rings is 3. The third-order valence-corrected chi connectivity index (χ3v) is 13.4. The molecule has 90 heavy (non-hydrogen) atoms. The number of benzene rings is 6. The first kappa shape index (κ1) is 64.7. The topological polar surface area (TPSA) is 329 Å². The molecule has 10 rings (SSSR count). The molecule has 9 aromatic rings. The van der Waals surface area contributed by atoms with E-state index >= 15 is 0 Å². The van der Waals surface area contributed by atoms with E-state index in [1.807, 2.05) is 11.9 Å². The molecule has 3 aromatic heterocycles. The Morgan fingerprint density at radius 2 is 0.856 bits per heavy atom. The van der Waals surface area contributed by atoms with Gasteiger partial charge < -0.3 is 48.3 Å². The Bertz CT molecular complexity index is 4260. The smallest absolute Gasteiger partial charge is 0.259 e. The lowest BCUT2D eigenvalue weighted by molar-refractivity contribution is 0.100. The number of aromatic nitrogens is 3. The van der Waals surface area contributed by atoms with E-state index < -0.39 is 52.9 Å². The monoisotopic (exact) mass is 1270 g/mol. The van der Waals surface area contributed by atoms with Gasteiger partial charge in [0.05, 0.1) is 66.5 Å². The van der Waals surface area contributed by atoms with Gasteiger partial charge in [-0.05, 0) is 115 Å². The Labute approximate surface area is 525 Å². The van der Waals surface area contributed by atoms with Crippen molar-refractivity contribution in [2.24, 2.45) is 16.5 Å². The Kier molecular flexibility index (Phi) is 21.4. The van der Waals surface area contributed by atoms with Gasteiger partial charge in [-0.1, -0.05) is 83.3 Å². The van der Waals surface area contributed by atoms with Crippen LogP contribution < -0.4 is 43.4 Å². The number of halogens is 6. The van der Waals surface area contributed by atoms with Crippen LogP contribution in [-0.4, -0.2) is 92.9 Å². The van der Waals surface area contributed by atoms with Crippen molar-refractivity contribution in [3.63, 3.8) is 0 Å². The number of nitrogens with one attached hydrogen (secondary N) is 8. The van der Waals surface area contributed by atoms with Crippen molar-refractivity contribution in [2.45, 2.75) is 0 Å². The summed E-state index contributed by atoms with van der Waals surface area (Å²) < 4.78 is 42.7. The number of carbonyl (C=O) groups is 6. The molecular weight excluding hydrogens is 1230 g/mol. The largest absolute Gasteiger partial charge is 0.384 e. The molecule has 1 aliphatic rings. The molecule has 4 heterocycles. The van der Waals surface area contributed by atoms with Crippen molar-refractivity contribution in [1.82, 2.24) is 19.9 Å². The fourth-order valence-corrected chi connectivity index (χ4v) is 8.55. The first-order valence-electron chi connectivity index (χ1n) is 26.4. The Balaban J connectivity index is 0.000000175. The lowest BCUT2D eigenvalue weighted by atomic mass is 10.1. The van der Waals surface area contributed by atoms with Crippen LogP contribution in [0.15, 0.2) is 187 Å². The van der Waals surface area contributed by atoms with Crippen LogP contribution in [-0.2, 0) is 0 Å². The minimum absolute atomic E-state index is 0.0737. The van der Waals surface area contributed by atoms with Crippen molar-refractivity contribution >= 4 is 122 Å². The van der Waals surface area contributed by atoms with E-state index in [-0.39, 0.29) is 79.3 Å². The molecule has 0 radical (unpaired) electrons. The molecule has 21 nitrogen and oxygen atoms in total. The normalized spacial score (nSPS) is 11.2. The number of amides is 6. The fraction of sp³-hybridized carbons (Fsp3) is 0.0476. The van der Waals surface area contributed by atoms with Gasteiger partial charge in [0.2, 0.25) is 0 Å². The standard InChI is InChI=1S/C23H19ClFN5O2.2C20H15ClFN5O2/c1-30-11-10-26-21(30)14-6-8-16(18(25)12-14)22(31)28-19-5-3-2-4-17(19)23(32)29-20-9-7-15(24)13-27-20;21-13-5-8-17(25-10-13)27-20(29)15-9-14(22)6-7-16(15)26-19(28)12-3-1-11(2-4-12)18(23)24;21-12-6-8-17(25-10-12)27-20(29)14-3-1-2-4-16(14)26-19(28)13-7-5-11(18(23)24)9-15(13)22/h2-9,12-13H,10-11H2,1H3,(H,28,31)(H,27,29,32);2*1-10H,(H3,23,24)(H,26,28)(H,25,27,29).